The van der Waals surface area contributed by atoms with Gasteiger partial charge in [-0.05, 0) is 36.4 Å². The Labute approximate surface area is 140 Å². The molecule has 2 rings (SSSR count). The lowest BCUT2D eigenvalue weighted by Crippen LogP contribution is -2.35. The molecule has 2 aromatic rings. The predicted octanol–water partition coefficient (Wildman–Crippen LogP) is 2.50. The number of sulfonamides is 1. The Bertz CT molecular complexity index is 902. The second kappa shape index (κ2) is 7.19. The molecule has 25 heavy (non-hydrogen) atoms. The van der Waals surface area contributed by atoms with Gasteiger partial charge in [0.05, 0.1) is 17.1 Å². The Kier molecular flexibility index (Phi) is 5.43. The van der Waals surface area contributed by atoms with Crippen LogP contribution in [0.4, 0.5) is 23.2 Å². The van der Waals surface area contributed by atoms with Gasteiger partial charge in [0.25, 0.3) is 0 Å². The summed E-state index contributed by atoms with van der Waals surface area (Å²) < 4.78 is 77.4. The van der Waals surface area contributed by atoms with E-state index < -0.39 is 51.4 Å². The van der Waals surface area contributed by atoms with Crippen LogP contribution in [0.3, 0.4) is 0 Å². The molecule has 0 fully saturated rings. The molecule has 10 heteroatoms. The molecule has 0 radical (unpaired) electrons. The van der Waals surface area contributed by atoms with Crippen molar-refractivity contribution in [2.24, 2.45) is 0 Å². The summed E-state index contributed by atoms with van der Waals surface area (Å²) in [6, 6.07) is 5.35. The number of rotatable bonds is 5. The number of hydrogen-bond acceptors (Lipinski definition) is 3. The number of halogens is 4. The predicted molar refractivity (Wildman–Crippen MR) is 81.2 cm³/mol. The van der Waals surface area contributed by atoms with Crippen molar-refractivity contribution in [3.63, 3.8) is 0 Å². The maximum atomic E-state index is 13.5. The van der Waals surface area contributed by atoms with E-state index in [1.54, 1.807) is 0 Å². The van der Waals surface area contributed by atoms with E-state index in [4.69, 9.17) is 0 Å². The molecule has 0 spiro atoms. The van der Waals surface area contributed by atoms with Gasteiger partial charge in [-0.1, -0.05) is 0 Å². The zero-order valence-electron chi connectivity index (χ0n) is 12.8. The van der Waals surface area contributed by atoms with Gasteiger partial charge in [0, 0.05) is 7.05 Å². The average Bonchev–Trinajstić information content (AvgIpc) is 2.55. The number of nitrogens with one attached hydrogen (secondary N) is 1. The van der Waals surface area contributed by atoms with Crippen molar-refractivity contribution in [3.05, 3.63) is 59.7 Å². The molecule has 1 amide bonds. The number of anilines is 1. The normalized spacial score (nSPS) is 11.6. The fourth-order valence-corrected chi connectivity index (χ4v) is 3.01. The second-order valence-electron chi connectivity index (χ2n) is 4.99. The zero-order chi connectivity index (χ0) is 18.8. The summed E-state index contributed by atoms with van der Waals surface area (Å²) in [5, 5.41) is 1.96. The van der Waals surface area contributed by atoms with E-state index in [2.05, 4.69) is 0 Å². The number of nitrogens with zero attached hydrogens (tertiary/aromatic N) is 1. The van der Waals surface area contributed by atoms with E-state index >= 15 is 0 Å². The van der Waals surface area contributed by atoms with E-state index in [9.17, 15) is 30.8 Å². The summed E-state index contributed by atoms with van der Waals surface area (Å²) in [5.41, 5.74) is -0.628. The molecule has 0 unspecified atom stereocenters. The van der Waals surface area contributed by atoms with Crippen LogP contribution >= 0.6 is 0 Å². The van der Waals surface area contributed by atoms with Crippen LogP contribution in [0.5, 0.6) is 0 Å². The van der Waals surface area contributed by atoms with Crippen molar-refractivity contribution >= 4 is 21.6 Å². The number of hydrogen-bond donors (Lipinski definition) is 1. The molecule has 134 valence electrons. The Hall–Kier alpha value is -2.46. The SMILES string of the molecule is CN(CC(=O)Nc1ccc(F)c(F)c1F)S(=O)(=O)c1ccc(F)cc1. The van der Waals surface area contributed by atoms with E-state index in [1.807, 2.05) is 5.32 Å². The zero-order valence-corrected chi connectivity index (χ0v) is 13.6. The molecule has 1 N–H and O–H groups in total. The van der Waals surface area contributed by atoms with Crippen molar-refractivity contribution in [3.8, 4) is 0 Å². The van der Waals surface area contributed by atoms with Crippen LogP contribution in [0.2, 0.25) is 0 Å². The van der Waals surface area contributed by atoms with Crippen LogP contribution in [0.15, 0.2) is 41.3 Å². The molecule has 0 saturated heterocycles. The third kappa shape index (κ3) is 4.15. The first kappa shape index (κ1) is 18.9. The summed E-state index contributed by atoms with van der Waals surface area (Å²) in [6.07, 6.45) is 0. The lowest BCUT2D eigenvalue weighted by Gasteiger charge is -2.17. The summed E-state index contributed by atoms with van der Waals surface area (Å²) in [7, 11) is -3.01. The Morgan fingerprint density at radius 3 is 2.20 bits per heavy atom. The highest BCUT2D eigenvalue weighted by atomic mass is 32.2. The number of carbonyl (C=O) groups is 1. The smallest absolute Gasteiger partial charge is 0.243 e. The lowest BCUT2D eigenvalue weighted by atomic mass is 10.3. The first-order chi connectivity index (χ1) is 11.6. The van der Waals surface area contributed by atoms with Gasteiger partial charge < -0.3 is 5.32 Å². The average molecular weight is 376 g/mol. The molecule has 0 bridgehead atoms. The quantitative estimate of drug-likeness (QED) is 0.644. The van der Waals surface area contributed by atoms with Gasteiger partial charge in [0.1, 0.15) is 5.82 Å². The topological polar surface area (TPSA) is 66.5 Å². The molecular formula is C15H12F4N2O3S. The van der Waals surface area contributed by atoms with E-state index in [0.717, 1.165) is 37.4 Å². The first-order valence-electron chi connectivity index (χ1n) is 6.78. The number of benzene rings is 2. The molecule has 0 atom stereocenters. The Morgan fingerprint density at radius 2 is 1.60 bits per heavy atom. The molecule has 0 aliphatic heterocycles. The summed E-state index contributed by atoms with van der Waals surface area (Å²) in [5.74, 6) is -6.39. The number of likely N-dealkylation sites (N-methyl/N-ethyl adjacent to an activating group) is 1. The monoisotopic (exact) mass is 376 g/mol. The highest BCUT2D eigenvalue weighted by molar-refractivity contribution is 7.89. The molecule has 0 saturated carbocycles. The van der Waals surface area contributed by atoms with Crippen molar-refractivity contribution in [1.82, 2.24) is 4.31 Å². The number of amides is 1. The van der Waals surface area contributed by atoms with Crippen molar-refractivity contribution in [2.75, 3.05) is 18.9 Å². The summed E-state index contributed by atoms with van der Waals surface area (Å²) in [6.45, 7) is -0.724. The van der Waals surface area contributed by atoms with E-state index in [1.165, 1.54) is 0 Å². The largest absolute Gasteiger partial charge is 0.322 e. The van der Waals surface area contributed by atoms with Crippen LogP contribution in [-0.2, 0) is 14.8 Å². The molecule has 0 heterocycles. The third-order valence-corrected chi connectivity index (χ3v) is 5.01. The molecular weight excluding hydrogens is 364 g/mol. The minimum atomic E-state index is -4.09. The van der Waals surface area contributed by atoms with Crippen LogP contribution in [0, 0.1) is 23.3 Å². The minimum Gasteiger partial charge on any atom is -0.322 e. The molecule has 5 nitrogen and oxygen atoms in total. The Balaban J connectivity index is 2.12. The fourth-order valence-electron chi connectivity index (χ4n) is 1.89. The second-order valence-corrected chi connectivity index (χ2v) is 7.03. The van der Waals surface area contributed by atoms with Gasteiger partial charge in [-0.2, -0.15) is 4.31 Å². The molecule has 0 aliphatic rings. The third-order valence-electron chi connectivity index (χ3n) is 3.20. The maximum absolute atomic E-state index is 13.5. The van der Waals surface area contributed by atoms with Crippen molar-refractivity contribution in [2.45, 2.75) is 4.90 Å². The van der Waals surface area contributed by atoms with Gasteiger partial charge in [0.2, 0.25) is 15.9 Å². The standard InChI is InChI=1S/C15H12F4N2O3S/c1-21(25(23,24)10-4-2-9(16)3-5-10)8-13(22)20-12-7-6-11(17)14(18)15(12)19/h2-7H,8H2,1H3,(H,20,22). The van der Waals surface area contributed by atoms with Crippen molar-refractivity contribution in [1.29, 1.82) is 0 Å². The van der Waals surface area contributed by atoms with Crippen LogP contribution in [-0.4, -0.2) is 32.2 Å². The molecule has 2 aromatic carbocycles. The van der Waals surface area contributed by atoms with E-state index in [-0.39, 0.29) is 4.90 Å². The number of carbonyl (C=O) groups excluding carboxylic acids is 1. The van der Waals surface area contributed by atoms with Gasteiger partial charge >= 0.3 is 0 Å². The minimum absolute atomic E-state index is 0.247. The van der Waals surface area contributed by atoms with E-state index in [0.29, 0.717) is 10.4 Å². The highest BCUT2D eigenvalue weighted by Gasteiger charge is 2.24. The van der Waals surface area contributed by atoms with Crippen LogP contribution < -0.4 is 5.32 Å². The fraction of sp³-hybridized carbons (Fsp3) is 0.133. The lowest BCUT2D eigenvalue weighted by molar-refractivity contribution is -0.116. The highest BCUT2D eigenvalue weighted by Crippen LogP contribution is 2.20. The maximum Gasteiger partial charge on any atom is 0.243 e. The van der Waals surface area contributed by atoms with Gasteiger partial charge in [-0.3, -0.25) is 4.79 Å². The van der Waals surface area contributed by atoms with Gasteiger partial charge in [0.15, 0.2) is 17.5 Å². The molecule has 0 aromatic heterocycles. The van der Waals surface area contributed by atoms with Crippen LogP contribution in [0.25, 0.3) is 0 Å². The van der Waals surface area contributed by atoms with Gasteiger partial charge in [-0.25, -0.2) is 26.0 Å². The molecule has 0 aliphatic carbocycles. The van der Waals surface area contributed by atoms with Crippen LogP contribution in [0.1, 0.15) is 0 Å². The van der Waals surface area contributed by atoms with Crippen molar-refractivity contribution < 1.29 is 30.8 Å². The van der Waals surface area contributed by atoms with Gasteiger partial charge in [-0.15, -0.1) is 0 Å². The first-order valence-corrected chi connectivity index (χ1v) is 8.22. The summed E-state index contributed by atoms with van der Waals surface area (Å²) in [4.78, 5) is 11.6. The summed E-state index contributed by atoms with van der Waals surface area (Å²) >= 11 is 0. The Morgan fingerprint density at radius 1 is 1.00 bits per heavy atom.